The molecule has 1 fully saturated rings. The van der Waals surface area contributed by atoms with Crippen LogP contribution in [0, 0.1) is 0 Å². The Morgan fingerprint density at radius 3 is 2.73 bits per heavy atom. The molecule has 0 aliphatic carbocycles. The Morgan fingerprint density at radius 2 is 2.18 bits per heavy atom. The molecular formula is C9H19NO. The highest BCUT2D eigenvalue weighted by Crippen LogP contribution is 2.12. The van der Waals surface area contributed by atoms with E-state index in [1.807, 2.05) is 0 Å². The minimum Gasteiger partial charge on any atom is -0.375 e. The van der Waals surface area contributed by atoms with Gasteiger partial charge in [-0.2, -0.15) is 0 Å². The first kappa shape index (κ1) is 9.01. The molecule has 0 aromatic rings. The smallest absolute Gasteiger partial charge is 0.0700 e. The van der Waals surface area contributed by atoms with Gasteiger partial charge in [0.2, 0.25) is 0 Å². The molecule has 2 nitrogen and oxygen atoms in total. The van der Waals surface area contributed by atoms with E-state index in [9.17, 15) is 0 Å². The predicted octanol–water partition coefficient (Wildman–Crippen LogP) is 1.51. The summed E-state index contributed by atoms with van der Waals surface area (Å²) < 4.78 is 5.63. The summed E-state index contributed by atoms with van der Waals surface area (Å²) in [6.45, 7) is 9.82. The van der Waals surface area contributed by atoms with Gasteiger partial charge in [-0.25, -0.2) is 0 Å². The summed E-state index contributed by atoms with van der Waals surface area (Å²) >= 11 is 0. The van der Waals surface area contributed by atoms with Gasteiger partial charge >= 0.3 is 0 Å². The summed E-state index contributed by atoms with van der Waals surface area (Å²) in [6.07, 6.45) is 1.62. The molecule has 0 spiro atoms. The molecular weight excluding hydrogens is 138 g/mol. The first-order valence-electron chi connectivity index (χ1n) is 4.63. The maximum atomic E-state index is 5.63. The summed E-state index contributed by atoms with van der Waals surface area (Å²) in [6, 6.07) is 0.614. The Labute approximate surface area is 69.5 Å². The van der Waals surface area contributed by atoms with Crippen LogP contribution in [0.25, 0.3) is 0 Å². The number of morpholine rings is 1. The molecule has 0 amide bonds. The minimum atomic E-state index is 0.478. The molecule has 0 radical (unpaired) electrons. The molecule has 1 aliphatic rings. The maximum absolute atomic E-state index is 5.63. The zero-order valence-corrected chi connectivity index (χ0v) is 7.84. The van der Waals surface area contributed by atoms with Crippen LogP contribution in [0.4, 0.5) is 0 Å². The molecule has 2 heteroatoms. The van der Waals surface area contributed by atoms with Gasteiger partial charge in [0.15, 0.2) is 0 Å². The van der Waals surface area contributed by atoms with Crippen molar-refractivity contribution < 1.29 is 4.74 Å². The van der Waals surface area contributed by atoms with Gasteiger partial charge in [0.05, 0.1) is 12.7 Å². The molecule has 11 heavy (non-hydrogen) atoms. The van der Waals surface area contributed by atoms with Gasteiger partial charge in [0, 0.05) is 12.6 Å². The van der Waals surface area contributed by atoms with E-state index in [0.717, 1.165) is 26.1 Å². The second-order valence-electron chi connectivity index (χ2n) is 3.30. The van der Waals surface area contributed by atoms with E-state index in [2.05, 4.69) is 25.7 Å². The lowest BCUT2D eigenvalue weighted by atomic mass is 10.1. The fourth-order valence-corrected chi connectivity index (χ4v) is 1.56. The van der Waals surface area contributed by atoms with E-state index in [4.69, 9.17) is 4.74 Å². The SMILES string of the molecule is CCC1CN(CC)C(C)CO1. The molecule has 0 aromatic carbocycles. The van der Waals surface area contributed by atoms with Crippen LogP contribution in [0.5, 0.6) is 0 Å². The van der Waals surface area contributed by atoms with Crippen molar-refractivity contribution in [1.29, 1.82) is 0 Å². The van der Waals surface area contributed by atoms with Crippen molar-refractivity contribution in [3.63, 3.8) is 0 Å². The van der Waals surface area contributed by atoms with Crippen LogP contribution in [0.15, 0.2) is 0 Å². The molecule has 1 heterocycles. The number of ether oxygens (including phenoxy) is 1. The summed E-state index contributed by atoms with van der Waals surface area (Å²) in [4.78, 5) is 2.48. The maximum Gasteiger partial charge on any atom is 0.0700 e. The molecule has 0 bridgehead atoms. The second kappa shape index (κ2) is 4.07. The van der Waals surface area contributed by atoms with Crippen molar-refractivity contribution in [1.82, 2.24) is 4.90 Å². The quantitative estimate of drug-likeness (QED) is 0.602. The van der Waals surface area contributed by atoms with Crippen molar-refractivity contribution in [2.75, 3.05) is 19.7 Å². The standard InChI is InChI=1S/C9H19NO/c1-4-9-6-10(5-2)8(3)7-11-9/h8-9H,4-7H2,1-3H3. The minimum absolute atomic E-state index is 0.478. The lowest BCUT2D eigenvalue weighted by molar-refractivity contribution is -0.0571. The van der Waals surface area contributed by atoms with Crippen LogP contribution in [0.2, 0.25) is 0 Å². The van der Waals surface area contributed by atoms with Gasteiger partial charge in [-0.15, -0.1) is 0 Å². The monoisotopic (exact) mass is 157 g/mol. The Morgan fingerprint density at radius 1 is 1.45 bits per heavy atom. The molecule has 66 valence electrons. The molecule has 1 aliphatic heterocycles. The number of nitrogens with zero attached hydrogens (tertiary/aromatic N) is 1. The Hall–Kier alpha value is -0.0800. The highest BCUT2D eigenvalue weighted by Gasteiger charge is 2.22. The lowest BCUT2D eigenvalue weighted by Gasteiger charge is -2.36. The molecule has 1 saturated heterocycles. The van der Waals surface area contributed by atoms with E-state index in [1.54, 1.807) is 0 Å². The van der Waals surface area contributed by atoms with Crippen LogP contribution in [0.1, 0.15) is 27.2 Å². The Balaban J connectivity index is 2.37. The van der Waals surface area contributed by atoms with Crippen molar-refractivity contribution in [2.24, 2.45) is 0 Å². The van der Waals surface area contributed by atoms with Gasteiger partial charge in [-0.05, 0) is 19.9 Å². The van der Waals surface area contributed by atoms with E-state index in [0.29, 0.717) is 12.1 Å². The average molecular weight is 157 g/mol. The molecule has 1 rings (SSSR count). The Bertz CT molecular complexity index is 116. The van der Waals surface area contributed by atoms with Crippen molar-refractivity contribution in [3.05, 3.63) is 0 Å². The summed E-state index contributed by atoms with van der Waals surface area (Å²) in [5, 5.41) is 0. The largest absolute Gasteiger partial charge is 0.375 e. The molecule has 2 unspecified atom stereocenters. The zero-order chi connectivity index (χ0) is 8.27. The third-order valence-electron chi connectivity index (χ3n) is 2.50. The van der Waals surface area contributed by atoms with Crippen LogP contribution in [-0.4, -0.2) is 36.7 Å². The number of hydrogen-bond acceptors (Lipinski definition) is 2. The highest BCUT2D eigenvalue weighted by molar-refractivity contribution is 4.75. The third kappa shape index (κ3) is 2.17. The zero-order valence-electron chi connectivity index (χ0n) is 7.84. The predicted molar refractivity (Wildman–Crippen MR) is 46.7 cm³/mol. The fourth-order valence-electron chi connectivity index (χ4n) is 1.56. The number of hydrogen-bond donors (Lipinski definition) is 0. The number of likely N-dealkylation sites (N-methyl/N-ethyl adjacent to an activating group) is 1. The van der Waals surface area contributed by atoms with Gasteiger partial charge in [-0.1, -0.05) is 13.8 Å². The molecule has 0 saturated carbocycles. The second-order valence-corrected chi connectivity index (χ2v) is 3.30. The van der Waals surface area contributed by atoms with E-state index in [-0.39, 0.29) is 0 Å². The van der Waals surface area contributed by atoms with Crippen LogP contribution in [0.3, 0.4) is 0 Å². The van der Waals surface area contributed by atoms with Gasteiger partial charge in [-0.3, -0.25) is 4.90 Å². The van der Waals surface area contributed by atoms with Crippen LogP contribution >= 0.6 is 0 Å². The van der Waals surface area contributed by atoms with Crippen molar-refractivity contribution >= 4 is 0 Å². The fraction of sp³-hybridized carbons (Fsp3) is 1.00. The van der Waals surface area contributed by atoms with E-state index in [1.165, 1.54) is 0 Å². The first-order valence-corrected chi connectivity index (χ1v) is 4.63. The topological polar surface area (TPSA) is 12.5 Å². The lowest BCUT2D eigenvalue weighted by Crippen LogP contribution is -2.47. The van der Waals surface area contributed by atoms with Crippen molar-refractivity contribution in [2.45, 2.75) is 39.3 Å². The normalized spacial score (nSPS) is 34.1. The average Bonchev–Trinajstić information content (AvgIpc) is 2.05. The highest BCUT2D eigenvalue weighted by atomic mass is 16.5. The van der Waals surface area contributed by atoms with Crippen LogP contribution in [-0.2, 0) is 4.74 Å². The van der Waals surface area contributed by atoms with Gasteiger partial charge in [0.25, 0.3) is 0 Å². The molecule has 0 N–H and O–H groups in total. The first-order chi connectivity index (χ1) is 5.27. The van der Waals surface area contributed by atoms with E-state index >= 15 is 0 Å². The number of rotatable bonds is 2. The van der Waals surface area contributed by atoms with Crippen LogP contribution < -0.4 is 0 Å². The molecule has 2 atom stereocenters. The van der Waals surface area contributed by atoms with Gasteiger partial charge < -0.3 is 4.74 Å². The Kier molecular flexibility index (Phi) is 3.34. The third-order valence-corrected chi connectivity index (χ3v) is 2.50. The van der Waals surface area contributed by atoms with Crippen molar-refractivity contribution in [3.8, 4) is 0 Å². The summed E-state index contributed by atoms with van der Waals surface area (Å²) in [5.41, 5.74) is 0. The van der Waals surface area contributed by atoms with Gasteiger partial charge in [0.1, 0.15) is 0 Å². The molecule has 0 aromatic heterocycles. The summed E-state index contributed by atoms with van der Waals surface area (Å²) in [7, 11) is 0. The summed E-state index contributed by atoms with van der Waals surface area (Å²) in [5.74, 6) is 0. The van der Waals surface area contributed by atoms with E-state index < -0.39 is 0 Å².